The Labute approximate surface area is 146 Å². The number of halogens is 1. The topological polar surface area (TPSA) is 90.1 Å². The monoisotopic (exact) mass is 347 g/mol. The lowest BCUT2D eigenvalue weighted by Crippen LogP contribution is -2.12. The van der Waals surface area contributed by atoms with Crippen molar-refractivity contribution in [1.82, 2.24) is 15.7 Å². The maximum Gasteiger partial charge on any atom is 0.304 e. The number of aliphatic carboxylic acids is 1. The summed E-state index contributed by atoms with van der Waals surface area (Å²) in [6.45, 7) is 0.751. The molecule has 4 rings (SSSR count). The molecule has 1 unspecified atom stereocenters. The number of nitrogens with zero attached hydrogens (tertiary/aromatic N) is 2. The highest BCUT2D eigenvalue weighted by Gasteiger charge is 2.36. The molecular formula is C18H22ClN3O2. The van der Waals surface area contributed by atoms with E-state index in [-0.39, 0.29) is 18.5 Å². The van der Waals surface area contributed by atoms with Crippen molar-refractivity contribution < 1.29 is 9.90 Å². The van der Waals surface area contributed by atoms with Crippen LogP contribution in [0.3, 0.4) is 0 Å². The summed E-state index contributed by atoms with van der Waals surface area (Å²) in [5, 5.41) is 9.93. The lowest BCUT2D eigenvalue weighted by atomic mass is 10.0. The van der Waals surface area contributed by atoms with E-state index in [0.29, 0.717) is 5.92 Å². The minimum absolute atomic E-state index is 0. The molecule has 4 N–H and O–H groups in total. The zero-order valence-corrected chi connectivity index (χ0v) is 14.3. The molecule has 128 valence electrons. The second kappa shape index (κ2) is 6.57. The van der Waals surface area contributed by atoms with Gasteiger partial charge in [-0.1, -0.05) is 23.7 Å². The average Bonchev–Trinajstić information content (AvgIpc) is 3.19. The molecule has 0 radical (unpaired) electrons. The molecule has 1 atom stereocenters. The lowest BCUT2D eigenvalue weighted by Gasteiger charge is -2.16. The van der Waals surface area contributed by atoms with Crippen LogP contribution < -0.4 is 6.15 Å². The first-order valence-corrected chi connectivity index (χ1v) is 8.55. The van der Waals surface area contributed by atoms with Gasteiger partial charge in [0.25, 0.3) is 0 Å². The molecule has 0 aliphatic heterocycles. The Bertz CT molecular complexity index is 750. The lowest BCUT2D eigenvalue weighted by molar-refractivity contribution is -0.137. The van der Waals surface area contributed by atoms with Gasteiger partial charge in [0.05, 0.1) is 12.1 Å². The quantitative estimate of drug-likeness (QED) is 0.850. The number of hydrogen-bond acceptors (Lipinski definition) is 3. The summed E-state index contributed by atoms with van der Waals surface area (Å²) in [6.07, 6.45) is 4.39. The summed E-state index contributed by atoms with van der Waals surface area (Å²) in [5.74, 6) is 1.07. The second-order valence-corrected chi connectivity index (χ2v) is 7.06. The molecule has 1 aromatic carbocycles. The Morgan fingerprint density at radius 2 is 1.96 bits per heavy atom. The number of carboxylic acid groups (broad SMARTS) is 1. The van der Waals surface area contributed by atoms with Crippen LogP contribution >= 0.6 is 11.6 Å². The smallest absolute Gasteiger partial charge is 0.304 e. The second-order valence-electron chi connectivity index (χ2n) is 6.62. The molecule has 2 aliphatic rings. The van der Waals surface area contributed by atoms with E-state index in [9.17, 15) is 9.90 Å². The van der Waals surface area contributed by atoms with Gasteiger partial charge in [-0.2, -0.15) is 0 Å². The van der Waals surface area contributed by atoms with Crippen molar-refractivity contribution in [2.75, 3.05) is 0 Å². The number of carbonyl (C=O) groups is 1. The van der Waals surface area contributed by atoms with Gasteiger partial charge in [-0.15, -0.1) is 0 Å². The Balaban J connectivity index is 0.00000169. The van der Waals surface area contributed by atoms with E-state index in [0.717, 1.165) is 41.6 Å². The standard InChI is InChI=1S/C18H19ClN2O2.H3N/c19-14-6-1-11(2-7-14)10-21-17-13(9-16(22)23)5-8-15(17)20-18(21)12-3-4-12;/h1-2,6-7,12-13H,3-5,8-10H2,(H,22,23);1H3. The third-order valence-electron chi connectivity index (χ3n) is 4.85. The third-order valence-corrected chi connectivity index (χ3v) is 5.10. The average molecular weight is 348 g/mol. The minimum Gasteiger partial charge on any atom is -0.481 e. The summed E-state index contributed by atoms with van der Waals surface area (Å²) in [7, 11) is 0. The number of aryl methyl sites for hydroxylation is 1. The summed E-state index contributed by atoms with van der Waals surface area (Å²) >= 11 is 5.98. The highest BCUT2D eigenvalue weighted by atomic mass is 35.5. The summed E-state index contributed by atoms with van der Waals surface area (Å²) in [6, 6.07) is 7.87. The van der Waals surface area contributed by atoms with E-state index in [1.54, 1.807) is 0 Å². The molecule has 0 spiro atoms. The molecule has 6 heteroatoms. The molecule has 24 heavy (non-hydrogen) atoms. The normalized spacial score (nSPS) is 19.0. The van der Waals surface area contributed by atoms with Gasteiger partial charge in [0, 0.05) is 29.1 Å². The number of rotatable bonds is 5. The number of benzene rings is 1. The number of imidazole rings is 1. The van der Waals surface area contributed by atoms with E-state index in [2.05, 4.69) is 4.57 Å². The zero-order valence-electron chi connectivity index (χ0n) is 13.5. The van der Waals surface area contributed by atoms with Crippen LogP contribution in [-0.4, -0.2) is 20.6 Å². The minimum atomic E-state index is -0.727. The Morgan fingerprint density at radius 3 is 2.58 bits per heavy atom. The summed E-state index contributed by atoms with van der Waals surface area (Å²) < 4.78 is 2.29. The van der Waals surface area contributed by atoms with Gasteiger partial charge in [0.15, 0.2) is 0 Å². The van der Waals surface area contributed by atoms with Gasteiger partial charge in [-0.25, -0.2) is 4.98 Å². The van der Waals surface area contributed by atoms with Crippen LogP contribution in [0.2, 0.25) is 5.02 Å². The first-order valence-electron chi connectivity index (χ1n) is 8.17. The molecule has 0 saturated heterocycles. The van der Waals surface area contributed by atoms with E-state index in [4.69, 9.17) is 16.6 Å². The van der Waals surface area contributed by atoms with E-state index < -0.39 is 5.97 Å². The number of aromatic nitrogens is 2. The fraction of sp³-hybridized carbons (Fsp3) is 0.444. The molecule has 1 aromatic heterocycles. The van der Waals surface area contributed by atoms with Crippen molar-refractivity contribution >= 4 is 17.6 Å². The molecule has 0 amide bonds. The molecular weight excluding hydrogens is 326 g/mol. The van der Waals surface area contributed by atoms with Gasteiger partial charge < -0.3 is 15.8 Å². The fourth-order valence-electron chi connectivity index (χ4n) is 3.62. The fourth-order valence-corrected chi connectivity index (χ4v) is 3.75. The predicted octanol–water partition coefficient (Wildman–Crippen LogP) is 4.13. The van der Waals surface area contributed by atoms with Crippen LogP contribution in [0.1, 0.15) is 60.3 Å². The van der Waals surface area contributed by atoms with Crippen LogP contribution in [0, 0.1) is 0 Å². The molecule has 1 fully saturated rings. The first-order chi connectivity index (χ1) is 11.1. The number of fused-ring (bicyclic) bond motifs is 1. The Kier molecular flexibility index (Phi) is 4.65. The van der Waals surface area contributed by atoms with E-state index >= 15 is 0 Å². The van der Waals surface area contributed by atoms with Gasteiger partial charge in [-0.3, -0.25) is 4.79 Å². The maximum absolute atomic E-state index is 11.2. The van der Waals surface area contributed by atoms with Gasteiger partial charge in [0.2, 0.25) is 0 Å². The zero-order chi connectivity index (χ0) is 16.0. The summed E-state index contributed by atoms with van der Waals surface area (Å²) in [4.78, 5) is 16.0. The van der Waals surface area contributed by atoms with Crippen molar-refractivity contribution in [3.05, 3.63) is 52.1 Å². The van der Waals surface area contributed by atoms with E-state index in [1.807, 2.05) is 24.3 Å². The predicted molar refractivity (Wildman–Crippen MR) is 93.1 cm³/mol. The summed E-state index contributed by atoms with van der Waals surface area (Å²) in [5.41, 5.74) is 3.45. The van der Waals surface area contributed by atoms with Crippen LogP contribution in [-0.2, 0) is 17.8 Å². The van der Waals surface area contributed by atoms with Crippen LogP contribution in [0.25, 0.3) is 0 Å². The van der Waals surface area contributed by atoms with Crippen LogP contribution in [0.15, 0.2) is 24.3 Å². The highest BCUT2D eigenvalue weighted by Crippen LogP contribution is 2.44. The Morgan fingerprint density at radius 1 is 1.25 bits per heavy atom. The van der Waals surface area contributed by atoms with Crippen molar-refractivity contribution in [2.24, 2.45) is 0 Å². The van der Waals surface area contributed by atoms with Gasteiger partial charge in [0.1, 0.15) is 5.82 Å². The van der Waals surface area contributed by atoms with Crippen molar-refractivity contribution in [3.63, 3.8) is 0 Å². The molecule has 1 saturated carbocycles. The molecule has 2 aliphatic carbocycles. The largest absolute Gasteiger partial charge is 0.481 e. The number of hydrogen-bond donors (Lipinski definition) is 2. The van der Waals surface area contributed by atoms with Crippen molar-refractivity contribution in [3.8, 4) is 0 Å². The number of carboxylic acids is 1. The van der Waals surface area contributed by atoms with Crippen LogP contribution in [0.4, 0.5) is 0 Å². The van der Waals surface area contributed by atoms with Crippen LogP contribution in [0.5, 0.6) is 0 Å². The Hall–Kier alpha value is -1.85. The maximum atomic E-state index is 11.2. The SMILES string of the molecule is N.O=C(O)CC1CCc2nc(C3CC3)n(Cc3ccc(Cl)cc3)c21. The molecule has 5 nitrogen and oxygen atoms in total. The molecule has 1 heterocycles. The van der Waals surface area contributed by atoms with Gasteiger partial charge in [-0.05, 0) is 43.4 Å². The van der Waals surface area contributed by atoms with E-state index in [1.165, 1.54) is 18.4 Å². The van der Waals surface area contributed by atoms with Crippen molar-refractivity contribution in [2.45, 2.75) is 50.5 Å². The third kappa shape index (κ3) is 3.19. The first kappa shape index (κ1) is 17.0. The van der Waals surface area contributed by atoms with Gasteiger partial charge >= 0.3 is 5.97 Å². The van der Waals surface area contributed by atoms with Crippen molar-refractivity contribution in [1.29, 1.82) is 0 Å². The highest BCUT2D eigenvalue weighted by molar-refractivity contribution is 6.30. The molecule has 0 bridgehead atoms. The molecule has 2 aromatic rings.